The fraction of sp³-hybridized carbons (Fsp3) is 0.438. The van der Waals surface area contributed by atoms with E-state index in [1.54, 1.807) is 0 Å². The Hall–Kier alpha value is -2.05. The Morgan fingerprint density at radius 1 is 1.29 bits per heavy atom. The Balaban J connectivity index is 0.000000640. The molecule has 0 spiro atoms. The average Bonchev–Trinajstić information content (AvgIpc) is 2.64. The molecule has 0 aromatic heterocycles. The summed E-state index contributed by atoms with van der Waals surface area (Å²) < 4.78 is 91.6. The van der Waals surface area contributed by atoms with Crippen molar-refractivity contribution in [2.75, 3.05) is 13.2 Å². The van der Waals surface area contributed by atoms with Gasteiger partial charge in [-0.1, -0.05) is 12.1 Å². The van der Waals surface area contributed by atoms with Crippen molar-refractivity contribution in [1.82, 2.24) is 4.90 Å². The third-order valence-electron chi connectivity index (χ3n) is 3.70. The van der Waals surface area contributed by atoms with Crippen LogP contribution in [0.2, 0.25) is 0 Å². The van der Waals surface area contributed by atoms with Crippen LogP contribution in [0.4, 0.5) is 22.0 Å². The first-order valence-electron chi connectivity index (χ1n) is 7.91. The minimum Gasteiger partial charge on any atom is -0.463 e. The maximum absolute atomic E-state index is 14.0. The highest BCUT2D eigenvalue weighted by molar-refractivity contribution is 7.86. The Kier molecular flexibility index (Phi) is 6.78. The first kappa shape index (κ1) is 22.2. The van der Waals surface area contributed by atoms with E-state index in [1.807, 2.05) is 0 Å². The second-order valence-corrected chi connectivity index (χ2v) is 7.35. The van der Waals surface area contributed by atoms with Crippen molar-refractivity contribution < 1.29 is 44.1 Å². The van der Waals surface area contributed by atoms with Crippen LogP contribution in [-0.4, -0.2) is 51.3 Å². The van der Waals surface area contributed by atoms with Crippen molar-refractivity contribution >= 4 is 16.1 Å². The van der Waals surface area contributed by atoms with E-state index in [2.05, 4.69) is 0 Å². The largest absolute Gasteiger partial charge is 0.463 e. The molecule has 3 aliphatic rings. The molecule has 28 heavy (non-hydrogen) atoms. The SMILES string of the molecule is CCOC(=O)C1=CC(F)(F)CN2Cc3ccc(cc3)S(=O)(=O)OC12.FC(F)F. The minimum atomic E-state index is -4.21. The van der Waals surface area contributed by atoms with Gasteiger partial charge in [0.2, 0.25) is 0 Å². The molecule has 0 N–H and O–H groups in total. The number of hydrogen-bond donors (Lipinski definition) is 0. The highest BCUT2D eigenvalue weighted by atomic mass is 32.2. The highest BCUT2D eigenvalue weighted by Crippen LogP contribution is 2.34. The maximum Gasteiger partial charge on any atom is 0.379 e. The van der Waals surface area contributed by atoms with Gasteiger partial charge in [-0.25, -0.2) is 17.8 Å². The van der Waals surface area contributed by atoms with Crippen LogP contribution < -0.4 is 0 Å². The lowest BCUT2D eigenvalue weighted by Gasteiger charge is -2.36. The summed E-state index contributed by atoms with van der Waals surface area (Å²) >= 11 is 0. The number of benzene rings is 1. The number of nitrogens with zero attached hydrogens (tertiary/aromatic N) is 1. The summed E-state index contributed by atoms with van der Waals surface area (Å²) in [5, 5.41) is 0. The van der Waals surface area contributed by atoms with Gasteiger partial charge < -0.3 is 4.74 Å². The van der Waals surface area contributed by atoms with Crippen molar-refractivity contribution in [2.24, 2.45) is 0 Å². The van der Waals surface area contributed by atoms with Gasteiger partial charge in [0, 0.05) is 12.6 Å². The Morgan fingerprint density at radius 3 is 2.39 bits per heavy atom. The number of alkyl halides is 5. The van der Waals surface area contributed by atoms with Crippen LogP contribution in [0.5, 0.6) is 0 Å². The van der Waals surface area contributed by atoms with Crippen LogP contribution >= 0.6 is 0 Å². The number of carbonyl (C=O) groups excluding carboxylic acids is 1. The van der Waals surface area contributed by atoms with Gasteiger partial charge in [0.1, 0.15) is 0 Å². The number of fused-ring (bicyclic) bond motifs is 3. The zero-order valence-electron chi connectivity index (χ0n) is 14.4. The van der Waals surface area contributed by atoms with Gasteiger partial charge in [0.05, 0.1) is 23.6 Å². The molecule has 1 aromatic carbocycles. The lowest BCUT2D eigenvalue weighted by molar-refractivity contribution is -0.143. The monoisotopic (exact) mass is 429 g/mol. The van der Waals surface area contributed by atoms with Crippen LogP contribution in [0, 0.1) is 0 Å². The van der Waals surface area contributed by atoms with Gasteiger partial charge in [-0.3, -0.25) is 4.90 Å². The number of rotatable bonds is 2. The summed E-state index contributed by atoms with van der Waals surface area (Å²) in [6.45, 7) is -2.93. The summed E-state index contributed by atoms with van der Waals surface area (Å²) in [6.07, 6.45) is -1.03. The van der Waals surface area contributed by atoms with Crippen molar-refractivity contribution in [2.45, 2.75) is 37.2 Å². The molecule has 1 unspecified atom stereocenters. The van der Waals surface area contributed by atoms with Crippen LogP contribution in [0.25, 0.3) is 0 Å². The molecular formula is C16H16F5NO5S. The molecule has 3 aliphatic heterocycles. The molecule has 2 bridgehead atoms. The van der Waals surface area contributed by atoms with E-state index in [1.165, 1.54) is 31.2 Å². The second kappa shape index (κ2) is 8.53. The van der Waals surface area contributed by atoms with Gasteiger partial charge in [-0.15, -0.1) is 0 Å². The van der Waals surface area contributed by atoms with Gasteiger partial charge >= 0.3 is 12.6 Å². The van der Waals surface area contributed by atoms with E-state index in [9.17, 15) is 35.2 Å². The molecule has 3 heterocycles. The first-order valence-corrected chi connectivity index (χ1v) is 9.32. The third-order valence-corrected chi connectivity index (χ3v) is 4.99. The molecule has 4 rings (SSSR count). The molecular weight excluding hydrogens is 413 g/mol. The molecule has 0 radical (unpaired) electrons. The van der Waals surface area contributed by atoms with Gasteiger partial charge in [0.25, 0.3) is 16.0 Å². The summed E-state index contributed by atoms with van der Waals surface area (Å²) in [5.41, 5.74) is 0.115. The third kappa shape index (κ3) is 5.49. The highest BCUT2D eigenvalue weighted by Gasteiger charge is 2.45. The fourth-order valence-corrected chi connectivity index (χ4v) is 3.74. The van der Waals surface area contributed by atoms with Crippen LogP contribution in [0.1, 0.15) is 12.5 Å². The second-order valence-electron chi connectivity index (χ2n) is 5.78. The molecule has 0 amide bonds. The first-order chi connectivity index (χ1) is 12.9. The number of hydrogen-bond acceptors (Lipinski definition) is 6. The Labute approximate surface area is 157 Å². The lowest BCUT2D eigenvalue weighted by atomic mass is 10.0. The molecule has 12 heteroatoms. The molecule has 0 fully saturated rings. The number of carbonyl (C=O) groups is 1. The van der Waals surface area contributed by atoms with Gasteiger partial charge in [0.15, 0.2) is 6.23 Å². The molecule has 1 aromatic rings. The van der Waals surface area contributed by atoms with E-state index < -0.39 is 47.0 Å². The summed E-state index contributed by atoms with van der Waals surface area (Å²) in [7, 11) is -4.21. The Morgan fingerprint density at radius 2 is 1.86 bits per heavy atom. The predicted molar refractivity (Wildman–Crippen MR) is 85.7 cm³/mol. The topological polar surface area (TPSA) is 72.9 Å². The summed E-state index contributed by atoms with van der Waals surface area (Å²) in [6, 6.07) is 5.74. The van der Waals surface area contributed by atoms with Crippen molar-refractivity contribution in [3.05, 3.63) is 41.5 Å². The zero-order chi connectivity index (χ0) is 21.1. The van der Waals surface area contributed by atoms with Gasteiger partial charge in [-0.2, -0.15) is 21.6 Å². The van der Waals surface area contributed by atoms with Gasteiger partial charge in [-0.05, 0) is 24.6 Å². The average molecular weight is 429 g/mol. The van der Waals surface area contributed by atoms with Crippen LogP contribution in [0.3, 0.4) is 0 Å². The normalized spacial score (nSPS) is 22.7. The lowest BCUT2D eigenvalue weighted by Crippen LogP contribution is -2.50. The summed E-state index contributed by atoms with van der Waals surface area (Å²) in [5.74, 6) is -4.33. The van der Waals surface area contributed by atoms with Crippen molar-refractivity contribution in [1.29, 1.82) is 0 Å². The molecule has 156 valence electrons. The molecule has 6 nitrogen and oxygen atoms in total. The predicted octanol–water partition coefficient (Wildman–Crippen LogP) is 2.85. The van der Waals surface area contributed by atoms with Crippen LogP contribution in [-0.2, 0) is 30.4 Å². The molecule has 1 atom stereocenters. The van der Waals surface area contributed by atoms with E-state index >= 15 is 0 Å². The fourth-order valence-electron chi connectivity index (χ4n) is 2.69. The number of ether oxygens (including phenoxy) is 1. The molecule has 0 saturated carbocycles. The maximum atomic E-state index is 14.0. The summed E-state index contributed by atoms with van der Waals surface area (Å²) in [4.78, 5) is 13.1. The van der Waals surface area contributed by atoms with Crippen molar-refractivity contribution in [3.63, 3.8) is 0 Å². The van der Waals surface area contributed by atoms with E-state index in [0.717, 1.165) is 4.90 Å². The van der Waals surface area contributed by atoms with E-state index in [-0.39, 0.29) is 18.0 Å². The minimum absolute atomic E-state index is 0.00675. The van der Waals surface area contributed by atoms with E-state index in [4.69, 9.17) is 8.92 Å². The standard InChI is InChI=1S/C15H15F2NO5S.CHF3/c1-2-22-14(19)12-7-15(16,17)9-18-8-10-3-5-11(6-4-10)24(20,21)23-13(12)18;2-1(3)4/h3-7,13H,2,8-9H2,1H3;1H. The molecule has 0 saturated heterocycles. The van der Waals surface area contributed by atoms with Crippen molar-refractivity contribution in [3.8, 4) is 0 Å². The number of halogens is 5. The smallest absolute Gasteiger partial charge is 0.379 e. The Bertz CT molecular complexity index is 839. The van der Waals surface area contributed by atoms with Crippen LogP contribution in [0.15, 0.2) is 40.8 Å². The zero-order valence-corrected chi connectivity index (χ0v) is 15.3. The quantitative estimate of drug-likeness (QED) is 0.409. The van der Waals surface area contributed by atoms with E-state index in [0.29, 0.717) is 11.6 Å². The molecule has 0 aliphatic carbocycles. The number of esters is 1.